The molecule has 1 aliphatic carbocycles. The molecule has 3 aromatic rings. The molecular weight excluding hydrogens is 431 g/mol. The van der Waals surface area contributed by atoms with Gasteiger partial charge in [0.15, 0.2) is 11.9 Å². The van der Waals surface area contributed by atoms with Crippen LogP contribution in [-0.4, -0.2) is 27.3 Å². The molecule has 1 saturated carbocycles. The lowest BCUT2D eigenvalue weighted by Gasteiger charge is -2.13. The molecular formula is C20H16BrFN2O4. The summed E-state index contributed by atoms with van der Waals surface area (Å²) in [5.74, 6) is -0.284. The van der Waals surface area contributed by atoms with Gasteiger partial charge in [0.1, 0.15) is 11.6 Å². The number of benzene rings is 2. The average Bonchev–Trinajstić information content (AvgIpc) is 3.33. The molecule has 1 aliphatic rings. The summed E-state index contributed by atoms with van der Waals surface area (Å²) in [5.41, 5.74) is 1.05. The minimum absolute atomic E-state index is 0.234. The van der Waals surface area contributed by atoms with Gasteiger partial charge in [-0.2, -0.15) is 4.98 Å². The zero-order valence-corrected chi connectivity index (χ0v) is 16.4. The first-order valence-electron chi connectivity index (χ1n) is 8.69. The van der Waals surface area contributed by atoms with E-state index in [9.17, 15) is 9.18 Å². The first kappa shape index (κ1) is 18.6. The number of nitrogens with zero attached hydrogens (tertiary/aromatic N) is 2. The highest BCUT2D eigenvalue weighted by Crippen LogP contribution is 2.52. The number of aliphatic carboxylic acids is 1. The first-order chi connectivity index (χ1) is 13.4. The van der Waals surface area contributed by atoms with Crippen molar-refractivity contribution in [3.63, 3.8) is 0 Å². The smallest absolute Gasteiger partial charge is 0.344 e. The molecule has 0 bridgehead atoms. The molecule has 4 rings (SSSR count). The Morgan fingerprint density at radius 1 is 1.29 bits per heavy atom. The molecule has 2 aromatic carbocycles. The maximum Gasteiger partial charge on any atom is 0.344 e. The van der Waals surface area contributed by atoms with Crippen molar-refractivity contribution in [3.05, 3.63) is 64.1 Å². The average molecular weight is 447 g/mol. The Kier molecular flexibility index (Phi) is 4.66. The lowest BCUT2D eigenvalue weighted by molar-refractivity contribution is -0.144. The van der Waals surface area contributed by atoms with E-state index >= 15 is 0 Å². The molecule has 0 unspecified atom stereocenters. The van der Waals surface area contributed by atoms with Gasteiger partial charge >= 0.3 is 5.97 Å². The van der Waals surface area contributed by atoms with Crippen molar-refractivity contribution in [2.75, 3.05) is 0 Å². The number of carbonyl (C=O) groups is 1. The van der Waals surface area contributed by atoms with Crippen LogP contribution in [0.1, 0.15) is 31.2 Å². The Labute approximate surface area is 168 Å². The maximum atomic E-state index is 13.3. The number of ether oxygens (including phenoxy) is 1. The normalized spacial score (nSPS) is 15.8. The number of hydrogen-bond donors (Lipinski definition) is 1. The van der Waals surface area contributed by atoms with E-state index in [2.05, 4.69) is 26.1 Å². The molecule has 0 radical (unpaired) electrons. The second-order valence-electron chi connectivity index (χ2n) is 6.75. The van der Waals surface area contributed by atoms with Gasteiger partial charge in [0, 0.05) is 4.47 Å². The van der Waals surface area contributed by atoms with Gasteiger partial charge in [0.05, 0.1) is 11.0 Å². The van der Waals surface area contributed by atoms with Crippen LogP contribution in [0.4, 0.5) is 4.39 Å². The lowest BCUT2D eigenvalue weighted by Crippen LogP contribution is -2.23. The quantitative estimate of drug-likeness (QED) is 0.596. The summed E-state index contributed by atoms with van der Waals surface area (Å²) in [7, 11) is 0. The third-order valence-electron chi connectivity index (χ3n) is 4.82. The zero-order valence-electron chi connectivity index (χ0n) is 14.9. The molecule has 1 fully saturated rings. The van der Waals surface area contributed by atoms with E-state index in [1.807, 2.05) is 0 Å². The van der Waals surface area contributed by atoms with E-state index < -0.39 is 12.1 Å². The molecule has 1 N–H and O–H groups in total. The van der Waals surface area contributed by atoms with Gasteiger partial charge in [-0.05, 0) is 55.7 Å². The van der Waals surface area contributed by atoms with Gasteiger partial charge in [0.2, 0.25) is 0 Å². The number of aromatic nitrogens is 2. The van der Waals surface area contributed by atoms with Crippen LogP contribution >= 0.6 is 15.9 Å². The zero-order chi connectivity index (χ0) is 19.9. The van der Waals surface area contributed by atoms with Crippen LogP contribution in [0.25, 0.3) is 11.5 Å². The van der Waals surface area contributed by atoms with Gasteiger partial charge in [-0.3, -0.25) is 0 Å². The number of hydrogen-bond acceptors (Lipinski definition) is 5. The molecule has 0 saturated heterocycles. The van der Waals surface area contributed by atoms with Crippen LogP contribution < -0.4 is 4.74 Å². The van der Waals surface area contributed by atoms with Gasteiger partial charge < -0.3 is 14.4 Å². The molecule has 1 atom stereocenters. The topological polar surface area (TPSA) is 85.5 Å². The molecule has 0 spiro atoms. The summed E-state index contributed by atoms with van der Waals surface area (Å²) in [4.78, 5) is 15.7. The van der Waals surface area contributed by atoms with E-state index in [0.29, 0.717) is 17.1 Å². The van der Waals surface area contributed by atoms with Crippen LogP contribution in [0.3, 0.4) is 0 Å². The van der Waals surface area contributed by atoms with Crippen molar-refractivity contribution in [1.82, 2.24) is 10.1 Å². The Morgan fingerprint density at radius 3 is 2.64 bits per heavy atom. The van der Waals surface area contributed by atoms with Crippen molar-refractivity contribution in [3.8, 4) is 17.2 Å². The van der Waals surface area contributed by atoms with Gasteiger partial charge in [-0.15, -0.1) is 0 Å². The second-order valence-corrected chi connectivity index (χ2v) is 7.67. The number of rotatable bonds is 6. The van der Waals surface area contributed by atoms with E-state index in [-0.39, 0.29) is 17.1 Å². The Bertz CT molecular complexity index is 1030. The van der Waals surface area contributed by atoms with Gasteiger partial charge in [0.25, 0.3) is 5.89 Å². The molecule has 144 valence electrons. The standard InChI is InChI=1S/C20H16BrFN2O4/c1-11(18(25)26)27-16-7-4-13(21)10-15(16)17-23-19(24-28-17)20(8-9-20)12-2-5-14(22)6-3-12/h2-7,10-11H,8-9H2,1H3,(H,25,26)/t11-/m0/s1. The van der Waals surface area contributed by atoms with E-state index in [1.54, 1.807) is 30.3 Å². The number of carboxylic acid groups (broad SMARTS) is 1. The summed E-state index contributed by atoms with van der Waals surface area (Å²) >= 11 is 3.39. The van der Waals surface area contributed by atoms with Gasteiger partial charge in [-0.1, -0.05) is 33.2 Å². The summed E-state index contributed by atoms with van der Waals surface area (Å²) in [5, 5.41) is 13.3. The highest BCUT2D eigenvalue weighted by Gasteiger charge is 2.50. The first-order valence-corrected chi connectivity index (χ1v) is 9.48. The molecule has 6 nitrogen and oxygen atoms in total. The summed E-state index contributed by atoms with van der Waals surface area (Å²) in [6.07, 6.45) is 0.654. The fourth-order valence-electron chi connectivity index (χ4n) is 3.08. The van der Waals surface area contributed by atoms with Crippen molar-refractivity contribution in [1.29, 1.82) is 0 Å². The van der Waals surface area contributed by atoms with Crippen LogP contribution in [0.5, 0.6) is 5.75 Å². The third kappa shape index (κ3) is 3.40. The number of carboxylic acids is 1. The Balaban J connectivity index is 1.69. The Morgan fingerprint density at radius 2 is 2.00 bits per heavy atom. The molecule has 1 heterocycles. The maximum absolute atomic E-state index is 13.3. The molecule has 0 aliphatic heterocycles. The van der Waals surface area contributed by atoms with Crippen LogP contribution in [-0.2, 0) is 10.2 Å². The molecule has 1 aromatic heterocycles. The van der Waals surface area contributed by atoms with Gasteiger partial charge in [-0.25, -0.2) is 9.18 Å². The second kappa shape index (κ2) is 7.01. The fourth-order valence-corrected chi connectivity index (χ4v) is 3.44. The van der Waals surface area contributed by atoms with E-state index in [4.69, 9.17) is 14.4 Å². The minimum atomic E-state index is -1.08. The summed E-state index contributed by atoms with van der Waals surface area (Å²) < 4.78 is 25.0. The van der Waals surface area contributed by atoms with Crippen molar-refractivity contribution in [2.24, 2.45) is 0 Å². The number of halogens is 2. The highest BCUT2D eigenvalue weighted by molar-refractivity contribution is 9.10. The van der Waals surface area contributed by atoms with Crippen LogP contribution in [0, 0.1) is 5.82 Å². The lowest BCUT2D eigenvalue weighted by atomic mass is 9.95. The summed E-state index contributed by atoms with van der Waals surface area (Å²) in [6, 6.07) is 11.4. The highest BCUT2D eigenvalue weighted by atomic mass is 79.9. The van der Waals surface area contributed by atoms with Crippen molar-refractivity contribution in [2.45, 2.75) is 31.3 Å². The van der Waals surface area contributed by atoms with Crippen molar-refractivity contribution < 1.29 is 23.6 Å². The van der Waals surface area contributed by atoms with Crippen LogP contribution in [0.2, 0.25) is 0 Å². The molecule has 28 heavy (non-hydrogen) atoms. The SMILES string of the molecule is C[C@H](Oc1ccc(Br)cc1-c1nc(C2(c3ccc(F)cc3)CC2)no1)C(=O)O. The van der Waals surface area contributed by atoms with Crippen molar-refractivity contribution >= 4 is 21.9 Å². The third-order valence-corrected chi connectivity index (χ3v) is 5.32. The minimum Gasteiger partial charge on any atom is -0.479 e. The fraction of sp³-hybridized carbons (Fsp3) is 0.250. The predicted molar refractivity (Wildman–Crippen MR) is 102 cm³/mol. The predicted octanol–water partition coefficient (Wildman–Crippen LogP) is 4.57. The molecule has 8 heteroatoms. The Hall–Kier alpha value is -2.74. The summed E-state index contributed by atoms with van der Waals surface area (Å²) in [6.45, 7) is 1.45. The van der Waals surface area contributed by atoms with Crippen LogP contribution in [0.15, 0.2) is 51.5 Å². The largest absolute Gasteiger partial charge is 0.479 e. The van der Waals surface area contributed by atoms with E-state index in [0.717, 1.165) is 22.9 Å². The molecule has 0 amide bonds. The van der Waals surface area contributed by atoms with E-state index in [1.165, 1.54) is 19.1 Å². The monoisotopic (exact) mass is 446 g/mol.